The Morgan fingerprint density at radius 3 is 2.13 bits per heavy atom. The van der Waals surface area contributed by atoms with Gasteiger partial charge in [0.15, 0.2) is 0 Å². The van der Waals surface area contributed by atoms with Gasteiger partial charge in [-0.1, -0.05) is 20.7 Å². The van der Waals surface area contributed by atoms with E-state index in [0.29, 0.717) is 8.58 Å². The van der Waals surface area contributed by atoms with Crippen molar-refractivity contribution in [1.82, 2.24) is 4.98 Å². The fraction of sp³-hybridized carbons (Fsp3) is 0.0833. The van der Waals surface area contributed by atoms with Crippen molar-refractivity contribution >= 4 is 19.2 Å². The lowest BCUT2D eigenvalue weighted by atomic mass is 10.3. The monoisotopic (exact) mass is 217 g/mol. The van der Waals surface area contributed by atoms with E-state index in [1.54, 1.807) is 7.11 Å². The first-order valence-electron chi connectivity index (χ1n) is 4.69. The average molecular weight is 217 g/mol. The van der Waals surface area contributed by atoms with E-state index in [9.17, 15) is 0 Å². The van der Waals surface area contributed by atoms with E-state index in [1.165, 1.54) is 10.6 Å². The molecule has 0 aliphatic heterocycles. The van der Waals surface area contributed by atoms with Crippen LogP contribution in [0, 0.1) is 0 Å². The SMILES string of the molecule is COc1ccc(Pc2ccncc2)cc1. The van der Waals surface area contributed by atoms with Crippen LogP contribution in [0.15, 0.2) is 48.8 Å². The molecule has 76 valence electrons. The second kappa shape index (κ2) is 4.90. The molecule has 3 heteroatoms. The quantitative estimate of drug-likeness (QED) is 0.730. The summed E-state index contributed by atoms with van der Waals surface area (Å²) in [6.45, 7) is 0. The number of aromatic nitrogens is 1. The van der Waals surface area contributed by atoms with Gasteiger partial charge in [0.25, 0.3) is 0 Å². The van der Waals surface area contributed by atoms with Gasteiger partial charge in [-0.05, 0) is 34.9 Å². The summed E-state index contributed by atoms with van der Waals surface area (Å²) in [5, 5.41) is 2.61. The topological polar surface area (TPSA) is 22.1 Å². The molecule has 2 nitrogen and oxygen atoms in total. The van der Waals surface area contributed by atoms with Gasteiger partial charge in [0, 0.05) is 12.4 Å². The van der Waals surface area contributed by atoms with Crippen molar-refractivity contribution in [3.63, 3.8) is 0 Å². The molecular weight excluding hydrogens is 205 g/mol. The molecule has 1 heterocycles. The summed E-state index contributed by atoms with van der Waals surface area (Å²) in [5.41, 5.74) is 0. The van der Waals surface area contributed by atoms with Crippen LogP contribution in [0.3, 0.4) is 0 Å². The van der Waals surface area contributed by atoms with Crippen LogP contribution in [0.1, 0.15) is 0 Å². The van der Waals surface area contributed by atoms with Gasteiger partial charge >= 0.3 is 0 Å². The molecule has 0 saturated heterocycles. The number of pyridine rings is 1. The van der Waals surface area contributed by atoms with Gasteiger partial charge in [0.1, 0.15) is 5.75 Å². The van der Waals surface area contributed by atoms with E-state index >= 15 is 0 Å². The summed E-state index contributed by atoms with van der Waals surface area (Å²) in [6.07, 6.45) is 3.65. The summed E-state index contributed by atoms with van der Waals surface area (Å²) in [4.78, 5) is 4.00. The minimum Gasteiger partial charge on any atom is -0.497 e. The summed E-state index contributed by atoms with van der Waals surface area (Å²) in [7, 11) is 2.36. The first-order valence-corrected chi connectivity index (χ1v) is 5.69. The van der Waals surface area contributed by atoms with Gasteiger partial charge in [-0.15, -0.1) is 0 Å². The molecule has 0 bridgehead atoms. The molecule has 0 spiro atoms. The molecule has 1 unspecified atom stereocenters. The van der Waals surface area contributed by atoms with Crippen LogP contribution in [-0.4, -0.2) is 12.1 Å². The molecule has 0 saturated carbocycles. The van der Waals surface area contributed by atoms with Crippen LogP contribution in [-0.2, 0) is 0 Å². The number of hydrogen-bond acceptors (Lipinski definition) is 2. The highest BCUT2D eigenvalue weighted by Gasteiger charge is 1.96. The third-order valence-electron chi connectivity index (χ3n) is 2.06. The van der Waals surface area contributed by atoms with Crippen LogP contribution in [0.25, 0.3) is 0 Å². The highest BCUT2D eigenvalue weighted by molar-refractivity contribution is 7.55. The Balaban J connectivity index is 2.11. The molecule has 2 aromatic rings. The summed E-state index contributed by atoms with van der Waals surface area (Å²) < 4.78 is 5.11. The van der Waals surface area contributed by atoms with Crippen molar-refractivity contribution < 1.29 is 4.74 Å². The van der Waals surface area contributed by atoms with Crippen LogP contribution >= 0.6 is 8.58 Å². The van der Waals surface area contributed by atoms with Crippen molar-refractivity contribution in [2.75, 3.05) is 7.11 Å². The summed E-state index contributed by atoms with van der Waals surface area (Å²) in [5.74, 6) is 0.901. The predicted octanol–water partition coefficient (Wildman–Crippen LogP) is 1.72. The van der Waals surface area contributed by atoms with Crippen LogP contribution in [0.5, 0.6) is 5.75 Å². The average Bonchev–Trinajstić information content (AvgIpc) is 2.31. The zero-order valence-corrected chi connectivity index (χ0v) is 9.47. The number of rotatable bonds is 3. The minimum atomic E-state index is 0.679. The molecule has 0 aliphatic carbocycles. The van der Waals surface area contributed by atoms with E-state index in [0.717, 1.165) is 5.75 Å². The number of ether oxygens (including phenoxy) is 1. The standard InChI is InChI=1S/C12H12NOP/c1-14-10-2-4-11(5-3-10)15-12-6-8-13-9-7-12/h2-9,15H,1H3. The maximum Gasteiger partial charge on any atom is 0.118 e. The van der Waals surface area contributed by atoms with E-state index in [1.807, 2.05) is 36.7 Å². The Labute approximate surface area is 91.1 Å². The van der Waals surface area contributed by atoms with Gasteiger partial charge in [-0.3, -0.25) is 4.98 Å². The van der Waals surface area contributed by atoms with Crippen molar-refractivity contribution in [2.45, 2.75) is 0 Å². The van der Waals surface area contributed by atoms with Crippen LogP contribution < -0.4 is 15.3 Å². The molecule has 0 fully saturated rings. The first kappa shape index (κ1) is 10.1. The second-order valence-corrected chi connectivity index (χ2v) is 4.49. The minimum absolute atomic E-state index is 0.679. The molecule has 0 radical (unpaired) electrons. The van der Waals surface area contributed by atoms with Gasteiger partial charge in [0.2, 0.25) is 0 Å². The number of nitrogens with zero attached hydrogens (tertiary/aromatic N) is 1. The molecule has 0 amide bonds. The Bertz CT molecular complexity index is 413. The summed E-state index contributed by atoms with van der Waals surface area (Å²) in [6, 6.07) is 12.3. The largest absolute Gasteiger partial charge is 0.497 e. The molecule has 1 atom stereocenters. The number of benzene rings is 1. The maximum absolute atomic E-state index is 5.11. The van der Waals surface area contributed by atoms with Crippen LogP contribution in [0.4, 0.5) is 0 Å². The lowest BCUT2D eigenvalue weighted by Gasteiger charge is -2.03. The van der Waals surface area contributed by atoms with Gasteiger partial charge < -0.3 is 4.74 Å². The van der Waals surface area contributed by atoms with Crippen LogP contribution in [0.2, 0.25) is 0 Å². The molecule has 15 heavy (non-hydrogen) atoms. The zero-order chi connectivity index (χ0) is 10.5. The second-order valence-electron chi connectivity index (χ2n) is 3.09. The molecule has 0 aliphatic rings. The van der Waals surface area contributed by atoms with Gasteiger partial charge in [-0.25, -0.2) is 0 Å². The number of hydrogen-bond donors (Lipinski definition) is 0. The predicted molar refractivity (Wildman–Crippen MR) is 64.8 cm³/mol. The molecule has 2 rings (SSSR count). The third-order valence-corrected chi connectivity index (χ3v) is 3.30. The summed E-state index contributed by atoms with van der Waals surface area (Å²) >= 11 is 0. The highest BCUT2D eigenvalue weighted by atomic mass is 31.1. The first-order chi connectivity index (χ1) is 7.38. The lowest BCUT2D eigenvalue weighted by molar-refractivity contribution is 0.415. The maximum atomic E-state index is 5.11. The van der Waals surface area contributed by atoms with Crippen molar-refractivity contribution in [1.29, 1.82) is 0 Å². The van der Waals surface area contributed by atoms with Gasteiger partial charge in [0.05, 0.1) is 7.11 Å². The van der Waals surface area contributed by atoms with Crippen molar-refractivity contribution in [3.05, 3.63) is 48.8 Å². The fourth-order valence-electron chi connectivity index (χ4n) is 1.28. The van der Waals surface area contributed by atoms with E-state index < -0.39 is 0 Å². The van der Waals surface area contributed by atoms with Crippen molar-refractivity contribution in [2.24, 2.45) is 0 Å². The molecule has 0 N–H and O–H groups in total. The Morgan fingerprint density at radius 2 is 1.53 bits per heavy atom. The van der Waals surface area contributed by atoms with E-state index in [4.69, 9.17) is 4.74 Å². The van der Waals surface area contributed by atoms with E-state index in [-0.39, 0.29) is 0 Å². The third kappa shape index (κ3) is 2.77. The smallest absolute Gasteiger partial charge is 0.118 e. The van der Waals surface area contributed by atoms with Gasteiger partial charge in [-0.2, -0.15) is 0 Å². The van der Waals surface area contributed by atoms with E-state index in [2.05, 4.69) is 17.1 Å². The molecular formula is C12H12NOP. The fourth-order valence-corrected chi connectivity index (χ4v) is 2.26. The van der Waals surface area contributed by atoms with Crippen molar-refractivity contribution in [3.8, 4) is 5.75 Å². The number of methoxy groups -OCH3 is 1. The Kier molecular flexibility index (Phi) is 3.31. The Hall–Kier alpha value is -1.40. The zero-order valence-electron chi connectivity index (χ0n) is 8.47. The molecule has 1 aromatic carbocycles. The molecule has 1 aromatic heterocycles. The normalized spacial score (nSPS) is 10.7. The highest BCUT2D eigenvalue weighted by Crippen LogP contribution is 2.13. The lowest BCUT2D eigenvalue weighted by Crippen LogP contribution is -2.02. The Morgan fingerprint density at radius 1 is 0.933 bits per heavy atom.